The van der Waals surface area contributed by atoms with E-state index in [1.165, 1.54) is 32.1 Å². The van der Waals surface area contributed by atoms with Gasteiger partial charge in [-0.1, -0.05) is 31.7 Å². The molecule has 1 saturated carbocycles. The number of aromatic nitrogens is 2. The smallest absolute Gasteiger partial charge is 0.253 e. The predicted molar refractivity (Wildman–Crippen MR) is 156 cm³/mol. The molecule has 3 aromatic heterocycles. The Balaban J connectivity index is 1.44. The monoisotopic (exact) mass is 566 g/mol. The van der Waals surface area contributed by atoms with E-state index in [1.807, 2.05) is 47.9 Å². The first-order valence-corrected chi connectivity index (χ1v) is 16.6. The fourth-order valence-corrected chi connectivity index (χ4v) is 8.53. The molecule has 1 amide bonds. The number of fused-ring (bicyclic) bond motifs is 1. The number of hydrogen-bond acceptors (Lipinski definition) is 4. The van der Waals surface area contributed by atoms with E-state index in [9.17, 15) is 13.2 Å². The van der Waals surface area contributed by atoms with Crippen LogP contribution in [0, 0.1) is 12.8 Å². The number of sulfonamides is 1. The molecule has 0 atom stereocenters. The average molecular weight is 567 g/mol. The Labute approximate surface area is 237 Å². The highest BCUT2D eigenvalue weighted by molar-refractivity contribution is 7.89. The molecule has 5 heterocycles. The quantitative estimate of drug-likeness (QED) is 0.416. The summed E-state index contributed by atoms with van der Waals surface area (Å²) < 4.78 is 39.2. The fraction of sp³-hybridized carbons (Fsp3) is 0.581. The maximum Gasteiger partial charge on any atom is 0.253 e. The van der Waals surface area contributed by atoms with Crippen molar-refractivity contribution in [2.45, 2.75) is 88.6 Å². The standard InChI is InChI=1S/C31H42N4O4S/c1-23-26(31(36)32-25-13-18-39-19-14-25)20-28(35(23)22-24-10-4-2-5-11-24)29-21-30(27-12-6-9-17-34(27)29)40(37,38)33-15-7-3-8-16-33/h6,9,12,17,20-21,24-25H,2-5,7-8,10-11,13-16,18-19,22H2,1H3,(H,32,36). The number of carbonyl (C=O) groups is 1. The van der Waals surface area contributed by atoms with Crippen LogP contribution < -0.4 is 5.32 Å². The van der Waals surface area contributed by atoms with Gasteiger partial charge in [-0.25, -0.2) is 8.42 Å². The Kier molecular flexibility index (Phi) is 8.06. The number of amides is 1. The third-order valence-corrected chi connectivity index (χ3v) is 11.1. The van der Waals surface area contributed by atoms with Crippen molar-refractivity contribution in [3.05, 3.63) is 47.8 Å². The topological polar surface area (TPSA) is 85.0 Å². The van der Waals surface area contributed by atoms with Crippen LogP contribution in [0.1, 0.15) is 80.3 Å². The number of hydrogen-bond donors (Lipinski definition) is 1. The lowest BCUT2D eigenvalue weighted by Gasteiger charge is -2.25. The molecular formula is C31H42N4O4S. The lowest BCUT2D eigenvalue weighted by molar-refractivity contribution is 0.0696. The van der Waals surface area contributed by atoms with Crippen molar-refractivity contribution in [1.82, 2.24) is 18.6 Å². The van der Waals surface area contributed by atoms with Gasteiger partial charge < -0.3 is 19.0 Å². The molecule has 1 aliphatic carbocycles. The zero-order valence-electron chi connectivity index (χ0n) is 23.6. The molecule has 6 rings (SSSR count). The van der Waals surface area contributed by atoms with Crippen LogP contribution >= 0.6 is 0 Å². The number of nitrogens with one attached hydrogen (secondary N) is 1. The molecule has 216 valence electrons. The van der Waals surface area contributed by atoms with Crippen LogP contribution in [-0.4, -0.2) is 59.9 Å². The van der Waals surface area contributed by atoms with Gasteiger partial charge >= 0.3 is 0 Å². The summed E-state index contributed by atoms with van der Waals surface area (Å²) in [5, 5.41) is 3.24. The maximum atomic E-state index is 13.9. The van der Waals surface area contributed by atoms with Crippen molar-refractivity contribution in [2.75, 3.05) is 26.3 Å². The van der Waals surface area contributed by atoms with Crippen LogP contribution in [0.3, 0.4) is 0 Å². The van der Waals surface area contributed by atoms with Crippen LogP contribution in [0.2, 0.25) is 0 Å². The van der Waals surface area contributed by atoms with Crippen LogP contribution in [0.5, 0.6) is 0 Å². The second kappa shape index (κ2) is 11.7. The minimum absolute atomic E-state index is 0.0601. The van der Waals surface area contributed by atoms with E-state index < -0.39 is 10.0 Å². The van der Waals surface area contributed by atoms with Gasteiger partial charge in [0, 0.05) is 50.8 Å². The molecular weight excluding hydrogens is 524 g/mol. The SMILES string of the molecule is Cc1c(C(=O)NC2CCOCC2)cc(-c2cc(S(=O)(=O)N3CCCCC3)c3ccccn23)n1CC1CCCCC1. The van der Waals surface area contributed by atoms with Gasteiger partial charge in [0.05, 0.1) is 22.5 Å². The Bertz CT molecular complexity index is 1460. The van der Waals surface area contributed by atoms with Crippen molar-refractivity contribution in [2.24, 2.45) is 5.92 Å². The Hall–Kier alpha value is -2.62. The molecule has 0 unspecified atom stereocenters. The average Bonchev–Trinajstić information content (AvgIpc) is 3.53. The molecule has 0 spiro atoms. The van der Waals surface area contributed by atoms with Crippen molar-refractivity contribution in [1.29, 1.82) is 0 Å². The molecule has 3 fully saturated rings. The highest BCUT2D eigenvalue weighted by atomic mass is 32.2. The fourth-order valence-electron chi connectivity index (χ4n) is 6.83. The molecule has 8 nitrogen and oxygen atoms in total. The predicted octanol–water partition coefficient (Wildman–Crippen LogP) is 5.38. The molecule has 0 radical (unpaired) electrons. The van der Waals surface area contributed by atoms with Crippen molar-refractivity contribution in [3.8, 4) is 11.4 Å². The molecule has 2 aliphatic heterocycles. The van der Waals surface area contributed by atoms with Crippen LogP contribution in [0.25, 0.3) is 16.9 Å². The third-order valence-electron chi connectivity index (χ3n) is 9.17. The van der Waals surface area contributed by atoms with Crippen molar-refractivity contribution in [3.63, 3.8) is 0 Å². The van der Waals surface area contributed by atoms with E-state index in [0.29, 0.717) is 48.2 Å². The van der Waals surface area contributed by atoms with E-state index in [2.05, 4.69) is 9.88 Å². The minimum Gasteiger partial charge on any atom is -0.381 e. The van der Waals surface area contributed by atoms with Crippen LogP contribution in [0.15, 0.2) is 41.4 Å². The van der Waals surface area contributed by atoms with Gasteiger partial charge in [0.25, 0.3) is 5.91 Å². The van der Waals surface area contributed by atoms with E-state index in [-0.39, 0.29) is 11.9 Å². The van der Waals surface area contributed by atoms with Gasteiger partial charge in [0.15, 0.2) is 0 Å². The normalized spacial score (nSPS) is 20.2. The summed E-state index contributed by atoms with van der Waals surface area (Å²) in [6.45, 7) is 5.34. The number of pyridine rings is 1. The van der Waals surface area contributed by atoms with Gasteiger partial charge in [-0.15, -0.1) is 0 Å². The highest BCUT2D eigenvalue weighted by Crippen LogP contribution is 2.36. The third kappa shape index (κ3) is 5.35. The first-order valence-electron chi connectivity index (χ1n) is 15.1. The summed E-state index contributed by atoms with van der Waals surface area (Å²) in [6.07, 6.45) is 12.6. The minimum atomic E-state index is -3.64. The molecule has 2 saturated heterocycles. The molecule has 0 bridgehead atoms. The Morgan fingerprint density at radius 2 is 1.68 bits per heavy atom. The number of rotatable bonds is 7. The largest absolute Gasteiger partial charge is 0.381 e. The lowest BCUT2D eigenvalue weighted by atomic mass is 9.89. The zero-order chi connectivity index (χ0) is 27.7. The summed E-state index contributed by atoms with van der Waals surface area (Å²) in [7, 11) is -3.64. The first-order chi connectivity index (χ1) is 19.4. The second-order valence-electron chi connectivity index (χ2n) is 11.8. The Morgan fingerprint density at radius 3 is 2.42 bits per heavy atom. The summed E-state index contributed by atoms with van der Waals surface area (Å²) in [4.78, 5) is 13.9. The zero-order valence-corrected chi connectivity index (χ0v) is 24.4. The van der Waals surface area contributed by atoms with Crippen LogP contribution in [-0.2, 0) is 21.3 Å². The van der Waals surface area contributed by atoms with Gasteiger partial charge in [-0.3, -0.25) is 4.79 Å². The van der Waals surface area contributed by atoms with E-state index >= 15 is 0 Å². The molecule has 40 heavy (non-hydrogen) atoms. The van der Waals surface area contributed by atoms with E-state index in [4.69, 9.17) is 4.74 Å². The second-order valence-corrected chi connectivity index (χ2v) is 13.7. The van der Waals surface area contributed by atoms with Gasteiger partial charge in [0.2, 0.25) is 10.0 Å². The number of nitrogens with zero attached hydrogens (tertiary/aromatic N) is 3. The molecule has 3 aliphatic rings. The van der Waals surface area contributed by atoms with Gasteiger partial charge in [0.1, 0.15) is 4.90 Å². The molecule has 3 aromatic rings. The molecule has 0 aromatic carbocycles. The van der Waals surface area contributed by atoms with Crippen molar-refractivity contribution >= 4 is 21.4 Å². The summed E-state index contributed by atoms with van der Waals surface area (Å²) in [5.41, 5.74) is 4.01. The first kappa shape index (κ1) is 27.5. The van der Waals surface area contributed by atoms with E-state index in [1.54, 1.807) is 4.31 Å². The van der Waals surface area contributed by atoms with E-state index in [0.717, 1.165) is 55.7 Å². The Morgan fingerprint density at radius 1 is 0.950 bits per heavy atom. The summed E-state index contributed by atoms with van der Waals surface area (Å²) in [5.74, 6) is 0.489. The van der Waals surface area contributed by atoms with Crippen LogP contribution in [0.4, 0.5) is 0 Å². The van der Waals surface area contributed by atoms with Crippen molar-refractivity contribution < 1.29 is 17.9 Å². The summed E-state index contributed by atoms with van der Waals surface area (Å²) >= 11 is 0. The lowest BCUT2D eigenvalue weighted by Crippen LogP contribution is -2.39. The van der Waals surface area contributed by atoms with Gasteiger partial charge in [-0.2, -0.15) is 4.31 Å². The highest BCUT2D eigenvalue weighted by Gasteiger charge is 2.31. The number of ether oxygens (including phenoxy) is 1. The molecule has 1 N–H and O–H groups in total. The maximum absolute atomic E-state index is 13.9. The number of piperidine rings is 1. The van der Waals surface area contributed by atoms with Gasteiger partial charge in [-0.05, 0) is 75.6 Å². The summed E-state index contributed by atoms with van der Waals surface area (Å²) in [6, 6.07) is 9.66. The molecule has 9 heteroatoms. The number of carbonyl (C=O) groups excluding carboxylic acids is 1.